The van der Waals surface area contributed by atoms with Crippen LogP contribution >= 0.6 is 11.9 Å². The fraction of sp³-hybridized carbons (Fsp3) is 0. The molecule has 0 saturated heterocycles. The van der Waals surface area contributed by atoms with E-state index in [1.807, 2.05) is 0 Å². The zero-order chi connectivity index (χ0) is 10.1. The van der Waals surface area contributed by atoms with Crippen molar-refractivity contribution in [3.63, 3.8) is 0 Å². The summed E-state index contributed by atoms with van der Waals surface area (Å²) in [6, 6.07) is 6.54. The summed E-state index contributed by atoms with van der Waals surface area (Å²) in [6.45, 7) is 0. The van der Waals surface area contributed by atoms with Crippen LogP contribution in [0.4, 0.5) is 0 Å². The third kappa shape index (κ3) is 1.22. The first-order chi connectivity index (χ1) is 6.74. The Morgan fingerprint density at radius 1 is 1.07 bits per heavy atom. The first-order valence-electron chi connectivity index (χ1n) is 3.92. The van der Waals surface area contributed by atoms with Crippen LogP contribution in [0.25, 0.3) is 0 Å². The number of fused-ring (bicyclic) bond motifs is 1. The molecule has 1 aromatic rings. The van der Waals surface area contributed by atoms with E-state index in [1.54, 1.807) is 24.3 Å². The second-order valence-corrected chi connectivity index (χ2v) is 2.98. The number of rotatable bonds is 1. The van der Waals surface area contributed by atoms with Gasteiger partial charge in [0, 0.05) is 17.2 Å². The van der Waals surface area contributed by atoms with Gasteiger partial charge in [-0.1, -0.05) is 24.3 Å². The number of carbonyl (C=O) groups is 2. The molecule has 70 valence electrons. The van der Waals surface area contributed by atoms with E-state index in [9.17, 15) is 9.59 Å². The Morgan fingerprint density at radius 2 is 1.71 bits per heavy atom. The molecule has 0 heterocycles. The van der Waals surface area contributed by atoms with Gasteiger partial charge in [-0.2, -0.15) is 0 Å². The molecule has 0 unspecified atom stereocenters. The number of halogens is 1. The van der Waals surface area contributed by atoms with Gasteiger partial charge in [0.15, 0.2) is 11.5 Å². The molecule has 14 heavy (non-hydrogen) atoms. The fourth-order valence-electron chi connectivity index (χ4n) is 1.35. The topological polar surface area (TPSA) is 43.4 Å². The highest BCUT2D eigenvalue weighted by Crippen LogP contribution is 2.22. The molecule has 0 amide bonds. The van der Waals surface area contributed by atoms with E-state index in [0.717, 1.165) is 6.08 Å². The predicted molar refractivity (Wildman–Crippen MR) is 50.1 cm³/mol. The van der Waals surface area contributed by atoms with E-state index < -0.39 is 0 Å². The number of allylic oxidation sites excluding steroid dienone is 2. The van der Waals surface area contributed by atoms with Gasteiger partial charge in [-0.25, -0.2) is 0 Å². The maximum Gasteiger partial charge on any atom is 0.230 e. The van der Waals surface area contributed by atoms with Gasteiger partial charge < -0.3 is 4.29 Å². The molecule has 1 aromatic carbocycles. The van der Waals surface area contributed by atoms with Crippen LogP contribution in [0.15, 0.2) is 36.1 Å². The van der Waals surface area contributed by atoms with E-state index in [-0.39, 0.29) is 17.3 Å². The standard InChI is InChI=1S/C10H5ClO3/c11-14-9-5-8(12)6-3-1-2-4-7(6)10(9)13/h1-5H. The van der Waals surface area contributed by atoms with Crippen LogP contribution in [0.5, 0.6) is 0 Å². The lowest BCUT2D eigenvalue weighted by atomic mass is 9.94. The van der Waals surface area contributed by atoms with Crippen LogP contribution in [0.3, 0.4) is 0 Å². The summed E-state index contributed by atoms with van der Waals surface area (Å²) < 4.78 is 4.29. The molecule has 0 aromatic heterocycles. The van der Waals surface area contributed by atoms with Gasteiger partial charge in [0.1, 0.15) is 11.9 Å². The minimum Gasteiger partial charge on any atom is -0.381 e. The Kier molecular flexibility index (Phi) is 2.09. The molecular weight excluding hydrogens is 204 g/mol. The minimum atomic E-state index is -0.366. The third-order valence-electron chi connectivity index (χ3n) is 2.01. The van der Waals surface area contributed by atoms with Crippen molar-refractivity contribution >= 4 is 23.4 Å². The Hall–Kier alpha value is -1.61. The maximum atomic E-state index is 11.6. The summed E-state index contributed by atoms with van der Waals surface area (Å²) in [7, 11) is 0. The number of benzene rings is 1. The number of hydrogen-bond acceptors (Lipinski definition) is 3. The van der Waals surface area contributed by atoms with Gasteiger partial charge in [0.25, 0.3) is 0 Å². The molecule has 0 atom stereocenters. The molecule has 0 bridgehead atoms. The summed E-state index contributed by atoms with van der Waals surface area (Å²) in [5.41, 5.74) is 0.714. The molecule has 0 aliphatic heterocycles. The van der Waals surface area contributed by atoms with Crippen molar-refractivity contribution in [2.45, 2.75) is 0 Å². The summed E-state index contributed by atoms with van der Waals surface area (Å²) in [5.74, 6) is -0.763. The van der Waals surface area contributed by atoms with Crippen molar-refractivity contribution in [3.05, 3.63) is 47.2 Å². The first kappa shape index (κ1) is 8.97. The Bertz CT molecular complexity index is 448. The summed E-state index contributed by atoms with van der Waals surface area (Å²) in [6.07, 6.45) is 1.09. The van der Waals surface area contributed by atoms with Gasteiger partial charge in [-0.05, 0) is 0 Å². The van der Waals surface area contributed by atoms with Crippen molar-refractivity contribution < 1.29 is 13.9 Å². The van der Waals surface area contributed by atoms with Crippen LogP contribution < -0.4 is 0 Å². The second-order valence-electron chi connectivity index (χ2n) is 2.82. The highest BCUT2D eigenvalue weighted by molar-refractivity contribution is 6.25. The number of Topliss-reactive ketones (excluding diaryl/α,β-unsaturated/α-hetero) is 1. The third-order valence-corrected chi connectivity index (χ3v) is 2.17. The molecule has 1 aliphatic rings. The van der Waals surface area contributed by atoms with Crippen molar-refractivity contribution in [1.29, 1.82) is 0 Å². The Labute approximate surface area is 85.1 Å². The van der Waals surface area contributed by atoms with E-state index in [1.165, 1.54) is 0 Å². The van der Waals surface area contributed by atoms with E-state index in [0.29, 0.717) is 11.1 Å². The summed E-state index contributed by atoms with van der Waals surface area (Å²) in [4.78, 5) is 23.0. The molecule has 0 spiro atoms. The monoisotopic (exact) mass is 208 g/mol. The van der Waals surface area contributed by atoms with Crippen molar-refractivity contribution in [1.82, 2.24) is 0 Å². The van der Waals surface area contributed by atoms with Crippen LogP contribution in [0, 0.1) is 0 Å². The normalized spacial score (nSPS) is 14.8. The lowest BCUT2D eigenvalue weighted by Gasteiger charge is -2.11. The zero-order valence-electron chi connectivity index (χ0n) is 6.99. The van der Waals surface area contributed by atoms with Crippen LogP contribution in [0.2, 0.25) is 0 Å². The molecule has 0 radical (unpaired) electrons. The quantitative estimate of drug-likeness (QED) is 0.710. The molecule has 1 aliphatic carbocycles. The van der Waals surface area contributed by atoms with Gasteiger partial charge in [0.05, 0.1) is 0 Å². The molecule has 0 N–H and O–H groups in total. The Balaban J connectivity index is 2.61. The summed E-state index contributed by atoms with van der Waals surface area (Å²) >= 11 is 5.07. The SMILES string of the molecule is O=C1C=C(OCl)C(=O)c2ccccc21. The highest BCUT2D eigenvalue weighted by atomic mass is 35.5. The maximum absolute atomic E-state index is 11.6. The van der Waals surface area contributed by atoms with Crippen LogP contribution in [-0.2, 0) is 4.29 Å². The first-order valence-corrected chi connectivity index (χ1v) is 4.23. The van der Waals surface area contributed by atoms with Crippen molar-refractivity contribution in [3.8, 4) is 0 Å². The van der Waals surface area contributed by atoms with E-state index in [4.69, 9.17) is 11.9 Å². The average Bonchev–Trinajstić information content (AvgIpc) is 2.23. The smallest absolute Gasteiger partial charge is 0.230 e. The van der Waals surface area contributed by atoms with Gasteiger partial charge in [0.2, 0.25) is 5.78 Å². The van der Waals surface area contributed by atoms with E-state index in [2.05, 4.69) is 4.29 Å². The second kappa shape index (κ2) is 3.27. The zero-order valence-corrected chi connectivity index (χ0v) is 7.75. The van der Waals surface area contributed by atoms with Gasteiger partial charge in [-0.15, -0.1) is 0 Å². The molecule has 0 fully saturated rings. The number of hydrogen-bond donors (Lipinski definition) is 0. The number of ketones is 2. The minimum absolute atomic E-state index is 0.129. The van der Waals surface area contributed by atoms with Crippen LogP contribution in [0.1, 0.15) is 20.7 Å². The number of carbonyl (C=O) groups excluding carboxylic acids is 2. The largest absolute Gasteiger partial charge is 0.381 e. The summed E-state index contributed by atoms with van der Waals surface area (Å²) in [5, 5.41) is 0. The molecule has 3 nitrogen and oxygen atoms in total. The Morgan fingerprint density at radius 3 is 2.36 bits per heavy atom. The fourth-order valence-corrected chi connectivity index (χ4v) is 1.46. The lowest BCUT2D eigenvalue weighted by Crippen LogP contribution is -2.16. The highest BCUT2D eigenvalue weighted by Gasteiger charge is 2.26. The van der Waals surface area contributed by atoms with Crippen molar-refractivity contribution in [2.24, 2.45) is 0 Å². The van der Waals surface area contributed by atoms with Gasteiger partial charge in [-0.3, -0.25) is 9.59 Å². The predicted octanol–water partition coefficient (Wildman–Crippen LogP) is 2.12. The molecular formula is C10H5ClO3. The molecule has 4 heteroatoms. The van der Waals surface area contributed by atoms with Crippen LogP contribution in [-0.4, -0.2) is 11.6 Å². The van der Waals surface area contributed by atoms with Crippen molar-refractivity contribution in [2.75, 3.05) is 0 Å². The van der Waals surface area contributed by atoms with E-state index >= 15 is 0 Å². The molecule has 0 saturated carbocycles. The lowest BCUT2D eigenvalue weighted by molar-refractivity contribution is 0.0950. The van der Waals surface area contributed by atoms with Gasteiger partial charge >= 0.3 is 0 Å². The average molecular weight is 209 g/mol. The molecule has 2 rings (SSSR count).